The summed E-state index contributed by atoms with van der Waals surface area (Å²) in [6, 6.07) is 7.55. The molecule has 2 heterocycles. The SMILES string of the molecule is OCc1cnccc1OCCc1ccccn1. The van der Waals surface area contributed by atoms with Gasteiger partial charge >= 0.3 is 0 Å². The highest BCUT2D eigenvalue weighted by atomic mass is 16.5. The van der Waals surface area contributed by atoms with Gasteiger partial charge in [-0.15, -0.1) is 0 Å². The highest BCUT2D eigenvalue weighted by molar-refractivity contribution is 5.29. The molecule has 0 unspecified atom stereocenters. The summed E-state index contributed by atoms with van der Waals surface area (Å²) in [4.78, 5) is 8.14. The molecule has 2 aromatic heterocycles. The largest absolute Gasteiger partial charge is 0.493 e. The maximum Gasteiger partial charge on any atom is 0.127 e. The number of aromatic nitrogens is 2. The number of aliphatic hydroxyl groups is 1. The van der Waals surface area contributed by atoms with Crippen LogP contribution in [0.3, 0.4) is 0 Å². The van der Waals surface area contributed by atoms with Crippen LogP contribution in [0.1, 0.15) is 11.3 Å². The molecule has 2 aromatic rings. The third-order valence-electron chi connectivity index (χ3n) is 2.37. The van der Waals surface area contributed by atoms with Crippen LogP contribution in [0.15, 0.2) is 42.9 Å². The normalized spacial score (nSPS) is 10.2. The van der Waals surface area contributed by atoms with Crippen LogP contribution in [0.2, 0.25) is 0 Å². The lowest BCUT2D eigenvalue weighted by molar-refractivity contribution is 0.263. The predicted molar refractivity (Wildman–Crippen MR) is 63.6 cm³/mol. The van der Waals surface area contributed by atoms with Crippen molar-refractivity contribution in [1.82, 2.24) is 9.97 Å². The van der Waals surface area contributed by atoms with Gasteiger partial charge in [0.15, 0.2) is 0 Å². The quantitative estimate of drug-likeness (QED) is 0.847. The molecule has 0 aliphatic rings. The van der Waals surface area contributed by atoms with Gasteiger partial charge in [0.2, 0.25) is 0 Å². The van der Waals surface area contributed by atoms with E-state index in [9.17, 15) is 0 Å². The van der Waals surface area contributed by atoms with E-state index in [4.69, 9.17) is 9.84 Å². The van der Waals surface area contributed by atoms with Crippen LogP contribution in [-0.2, 0) is 13.0 Å². The number of rotatable bonds is 5. The van der Waals surface area contributed by atoms with Gasteiger partial charge in [-0.3, -0.25) is 9.97 Å². The summed E-state index contributed by atoms with van der Waals surface area (Å²) in [5, 5.41) is 9.10. The standard InChI is InChI=1S/C13H14N2O2/c16-10-11-9-14-7-4-13(11)17-8-5-12-3-1-2-6-15-12/h1-4,6-7,9,16H,5,8,10H2. The van der Waals surface area contributed by atoms with E-state index in [0.29, 0.717) is 17.9 Å². The van der Waals surface area contributed by atoms with Gasteiger partial charge in [-0.25, -0.2) is 0 Å². The van der Waals surface area contributed by atoms with Gasteiger partial charge in [0.1, 0.15) is 5.75 Å². The fraction of sp³-hybridized carbons (Fsp3) is 0.231. The first-order chi connectivity index (χ1) is 8.40. The maximum atomic E-state index is 9.10. The molecule has 0 bridgehead atoms. The third kappa shape index (κ3) is 3.26. The fourth-order valence-corrected chi connectivity index (χ4v) is 1.49. The van der Waals surface area contributed by atoms with Gasteiger partial charge in [-0.05, 0) is 18.2 Å². The number of ether oxygens (including phenoxy) is 1. The lowest BCUT2D eigenvalue weighted by Crippen LogP contribution is -2.04. The van der Waals surface area contributed by atoms with Gasteiger partial charge in [0, 0.05) is 36.3 Å². The van der Waals surface area contributed by atoms with Crippen LogP contribution in [0.25, 0.3) is 0 Å². The van der Waals surface area contributed by atoms with Crippen molar-refractivity contribution in [3.05, 3.63) is 54.1 Å². The lowest BCUT2D eigenvalue weighted by Gasteiger charge is -2.08. The van der Waals surface area contributed by atoms with Crippen LogP contribution >= 0.6 is 0 Å². The number of aliphatic hydroxyl groups excluding tert-OH is 1. The van der Waals surface area contributed by atoms with Crippen LogP contribution in [0, 0.1) is 0 Å². The Labute approximate surface area is 99.9 Å². The Balaban J connectivity index is 1.90. The highest BCUT2D eigenvalue weighted by Gasteiger charge is 2.02. The number of pyridine rings is 2. The highest BCUT2D eigenvalue weighted by Crippen LogP contribution is 2.16. The zero-order chi connectivity index (χ0) is 11.9. The third-order valence-corrected chi connectivity index (χ3v) is 2.37. The van der Waals surface area contributed by atoms with E-state index in [0.717, 1.165) is 12.1 Å². The molecule has 4 heteroatoms. The van der Waals surface area contributed by atoms with Gasteiger partial charge < -0.3 is 9.84 Å². The molecular formula is C13H14N2O2. The average Bonchev–Trinajstić information content (AvgIpc) is 2.40. The van der Waals surface area contributed by atoms with Crippen LogP contribution < -0.4 is 4.74 Å². The monoisotopic (exact) mass is 230 g/mol. The van der Waals surface area contributed by atoms with Crippen molar-refractivity contribution in [1.29, 1.82) is 0 Å². The second-order valence-corrected chi connectivity index (χ2v) is 3.56. The minimum Gasteiger partial charge on any atom is -0.493 e. The number of hydrogen-bond acceptors (Lipinski definition) is 4. The smallest absolute Gasteiger partial charge is 0.127 e. The Kier molecular flexibility index (Phi) is 4.05. The molecule has 0 saturated heterocycles. The first-order valence-corrected chi connectivity index (χ1v) is 5.46. The summed E-state index contributed by atoms with van der Waals surface area (Å²) in [5.74, 6) is 0.679. The first-order valence-electron chi connectivity index (χ1n) is 5.46. The van der Waals surface area contributed by atoms with E-state index in [1.807, 2.05) is 18.2 Å². The average molecular weight is 230 g/mol. The van der Waals surface area contributed by atoms with Crippen molar-refractivity contribution in [3.8, 4) is 5.75 Å². The second-order valence-electron chi connectivity index (χ2n) is 3.56. The summed E-state index contributed by atoms with van der Waals surface area (Å²) in [6.07, 6.45) is 5.76. The van der Waals surface area contributed by atoms with E-state index in [1.54, 1.807) is 24.7 Å². The zero-order valence-corrected chi connectivity index (χ0v) is 9.41. The molecule has 1 N–H and O–H groups in total. The molecule has 0 saturated carbocycles. The molecule has 17 heavy (non-hydrogen) atoms. The molecule has 0 aliphatic carbocycles. The predicted octanol–water partition coefficient (Wildman–Crippen LogP) is 1.59. The van der Waals surface area contributed by atoms with Crippen molar-refractivity contribution in [2.24, 2.45) is 0 Å². The molecule has 0 atom stereocenters. The Bertz CT molecular complexity index is 460. The molecule has 0 amide bonds. The van der Waals surface area contributed by atoms with Gasteiger partial charge in [-0.1, -0.05) is 6.07 Å². The summed E-state index contributed by atoms with van der Waals surface area (Å²) < 4.78 is 5.59. The Morgan fingerprint density at radius 2 is 2.12 bits per heavy atom. The Morgan fingerprint density at radius 1 is 1.18 bits per heavy atom. The summed E-state index contributed by atoms with van der Waals surface area (Å²) in [6.45, 7) is 0.473. The van der Waals surface area contributed by atoms with E-state index in [-0.39, 0.29) is 6.61 Å². The van der Waals surface area contributed by atoms with Crippen molar-refractivity contribution in [3.63, 3.8) is 0 Å². The van der Waals surface area contributed by atoms with Crippen molar-refractivity contribution >= 4 is 0 Å². The zero-order valence-electron chi connectivity index (χ0n) is 9.41. The first kappa shape index (κ1) is 11.5. The van der Waals surface area contributed by atoms with Gasteiger partial charge in [-0.2, -0.15) is 0 Å². The van der Waals surface area contributed by atoms with Gasteiger partial charge in [0.25, 0.3) is 0 Å². The minimum absolute atomic E-state index is 0.0627. The van der Waals surface area contributed by atoms with Crippen LogP contribution in [0.5, 0.6) is 5.75 Å². The molecular weight excluding hydrogens is 216 g/mol. The fourth-order valence-electron chi connectivity index (χ4n) is 1.49. The topological polar surface area (TPSA) is 55.2 Å². The number of nitrogens with zero attached hydrogens (tertiary/aromatic N) is 2. The van der Waals surface area contributed by atoms with E-state index in [2.05, 4.69) is 9.97 Å². The number of hydrogen-bond donors (Lipinski definition) is 1. The van der Waals surface area contributed by atoms with Crippen LogP contribution in [0.4, 0.5) is 0 Å². The molecule has 0 spiro atoms. The molecule has 2 rings (SSSR count). The van der Waals surface area contributed by atoms with E-state index >= 15 is 0 Å². The minimum atomic E-state index is -0.0627. The summed E-state index contributed by atoms with van der Waals surface area (Å²) in [7, 11) is 0. The molecule has 0 aromatic carbocycles. The molecule has 4 nitrogen and oxygen atoms in total. The van der Waals surface area contributed by atoms with Crippen molar-refractivity contribution < 1.29 is 9.84 Å². The van der Waals surface area contributed by atoms with Crippen molar-refractivity contribution in [2.75, 3.05) is 6.61 Å². The van der Waals surface area contributed by atoms with Crippen molar-refractivity contribution in [2.45, 2.75) is 13.0 Å². The molecule has 0 fully saturated rings. The molecule has 0 radical (unpaired) electrons. The van der Waals surface area contributed by atoms with E-state index < -0.39 is 0 Å². The lowest BCUT2D eigenvalue weighted by atomic mass is 10.2. The van der Waals surface area contributed by atoms with Crippen LogP contribution in [-0.4, -0.2) is 21.7 Å². The Morgan fingerprint density at radius 3 is 2.88 bits per heavy atom. The second kappa shape index (κ2) is 5.96. The summed E-state index contributed by atoms with van der Waals surface area (Å²) in [5.41, 5.74) is 1.70. The maximum absolute atomic E-state index is 9.10. The Hall–Kier alpha value is -1.94. The van der Waals surface area contributed by atoms with Gasteiger partial charge in [0.05, 0.1) is 13.2 Å². The molecule has 88 valence electrons. The van der Waals surface area contributed by atoms with E-state index in [1.165, 1.54) is 0 Å². The molecule has 0 aliphatic heterocycles. The summed E-state index contributed by atoms with van der Waals surface area (Å²) >= 11 is 0.